The minimum atomic E-state index is -0.0356. The fraction of sp³-hybridized carbons (Fsp3) is 0.500. The molecule has 5 nitrogen and oxygen atoms in total. The highest BCUT2D eigenvalue weighted by Crippen LogP contribution is 2.17. The minimum Gasteiger partial charge on any atom is -0.361 e. The lowest BCUT2D eigenvalue weighted by molar-refractivity contribution is 0.207. The fourth-order valence-electron chi connectivity index (χ4n) is 2.31. The van der Waals surface area contributed by atoms with Crippen molar-refractivity contribution in [3.05, 3.63) is 38.9 Å². The van der Waals surface area contributed by atoms with Crippen molar-refractivity contribution in [1.29, 1.82) is 0 Å². The van der Waals surface area contributed by atoms with Crippen molar-refractivity contribution in [3.63, 3.8) is 0 Å². The molecule has 0 aromatic carbocycles. The number of hydrogen-bond acceptors (Lipinski definition) is 4. The molecule has 0 unspecified atom stereocenters. The standard InChI is InChI=1S/C16H23N3O2S/c1-11-7-9-22-15(11)10-19(4)16(20)17-8-5-6-14-12(2)18-21-13(14)3/h7,9H,5-6,8,10H2,1-4H3,(H,17,20). The van der Waals surface area contributed by atoms with E-state index in [-0.39, 0.29) is 6.03 Å². The summed E-state index contributed by atoms with van der Waals surface area (Å²) in [7, 11) is 1.82. The van der Waals surface area contributed by atoms with E-state index in [2.05, 4.69) is 28.8 Å². The summed E-state index contributed by atoms with van der Waals surface area (Å²) in [5.41, 5.74) is 3.33. The number of carbonyl (C=O) groups is 1. The Morgan fingerprint density at radius 1 is 1.41 bits per heavy atom. The predicted molar refractivity (Wildman–Crippen MR) is 88.2 cm³/mol. The van der Waals surface area contributed by atoms with Crippen LogP contribution in [-0.2, 0) is 13.0 Å². The van der Waals surface area contributed by atoms with E-state index in [1.54, 1.807) is 16.2 Å². The Hall–Kier alpha value is -1.82. The van der Waals surface area contributed by atoms with Gasteiger partial charge in [-0.1, -0.05) is 5.16 Å². The molecule has 0 saturated heterocycles. The van der Waals surface area contributed by atoms with Crippen molar-refractivity contribution in [2.45, 2.75) is 40.2 Å². The molecular weight excluding hydrogens is 298 g/mol. The van der Waals surface area contributed by atoms with Crippen LogP contribution in [0.2, 0.25) is 0 Å². The molecular formula is C16H23N3O2S. The first-order valence-corrected chi connectivity index (χ1v) is 8.30. The number of aromatic nitrogens is 1. The number of rotatable bonds is 6. The Labute approximate surface area is 135 Å². The van der Waals surface area contributed by atoms with E-state index in [0.29, 0.717) is 13.1 Å². The number of amides is 2. The molecule has 0 bridgehead atoms. The molecule has 2 heterocycles. The van der Waals surface area contributed by atoms with Crippen LogP contribution in [0.4, 0.5) is 4.79 Å². The molecule has 0 spiro atoms. The molecule has 120 valence electrons. The van der Waals surface area contributed by atoms with E-state index >= 15 is 0 Å². The lowest BCUT2D eigenvalue weighted by Gasteiger charge is -2.17. The molecule has 2 aromatic rings. The SMILES string of the molecule is Cc1ccsc1CN(C)C(=O)NCCCc1c(C)noc1C. The van der Waals surface area contributed by atoms with E-state index in [4.69, 9.17) is 4.52 Å². The van der Waals surface area contributed by atoms with E-state index in [1.807, 2.05) is 20.9 Å². The molecule has 0 aliphatic rings. The average Bonchev–Trinajstić information content (AvgIpc) is 3.02. The third-order valence-corrected chi connectivity index (χ3v) is 4.76. The van der Waals surface area contributed by atoms with Gasteiger partial charge in [0, 0.05) is 24.0 Å². The number of nitrogens with zero attached hydrogens (tertiary/aromatic N) is 2. The Balaban J connectivity index is 1.72. The maximum absolute atomic E-state index is 12.1. The highest BCUT2D eigenvalue weighted by atomic mass is 32.1. The topological polar surface area (TPSA) is 58.4 Å². The van der Waals surface area contributed by atoms with Gasteiger partial charge in [0.2, 0.25) is 0 Å². The van der Waals surface area contributed by atoms with Crippen molar-refractivity contribution >= 4 is 17.4 Å². The number of carbonyl (C=O) groups excluding carboxylic acids is 1. The molecule has 22 heavy (non-hydrogen) atoms. The number of aryl methyl sites for hydroxylation is 3. The number of urea groups is 1. The average molecular weight is 321 g/mol. The van der Waals surface area contributed by atoms with Gasteiger partial charge in [-0.25, -0.2) is 4.79 Å². The fourth-order valence-corrected chi connectivity index (χ4v) is 3.27. The normalized spacial score (nSPS) is 10.7. The maximum atomic E-state index is 12.1. The van der Waals surface area contributed by atoms with Crippen LogP contribution in [0.25, 0.3) is 0 Å². The number of hydrogen-bond donors (Lipinski definition) is 1. The van der Waals surface area contributed by atoms with Gasteiger partial charge in [0.25, 0.3) is 0 Å². The van der Waals surface area contributed by atoms with Gasteiger partial charge in [0.15, 0.2) is 0 Å². The summed E-state index contributed by atoms with van der Waals surface area (Å²) in [6, 6.07) is 2.04. The first kappa shape index (κ1) is 16.5. The zero-order valence-corrected chi connectivity index (χ0v) is 14.4. The Morgan fingerprint density at radius 2 is 2.18 bits per heavy atom. The summed E-state index contributed by atoms with van der Waals surface area (Å²) in [6.07, 6.45) is 1.75. The second-order valence-electron chi connectivity index (χ2n) is 5.52. The van der Waals surface area contributed by atoms with Crippen molar-refractivity contribution in [3.8, 4) is 0 Å². The zero-order valence-electron chi connectivity index (χ0n) is 13.6. The second kappa shape index (κ2) is 7.45. The van der Waals surface area contributed by atoms with Crippen molar-refractivity contribution < 1.29 is 9.32 Å². The summed E-state index contributed by atoms with van der Waals surface area (Å²) in [4.78, 5) is 15.0. The summed E-state index contributed by atoms with van der Waals surface area (Å²) >= 11 is 1.69. The highest BCUT2D eigenvalue weighted by molar-refractivity contribution is 7.10. The molecule has 0 atom stereocenters. The van der Waals surface area contributed by atoms with Crippen molar-refractivity contribution in [2.75, 3.05) is 13.6 Å². The molecule has 2 aromatic heterocycles. The second-order valence-corrected chi connectivity index (χ2v) is 6.52. The van der Waals surface area contributed by atoms with Gasteiger partial charge in [-0.05, 0) is 50.6 Å². The molecule has 2 rings (SSSR count). The van der Waals surface area contributed by atoms with Crippen LogP contribution < -0.4 is 5.32 Å². The Bertz CT molecular complexity index is 614. The Kier molecular flexibility index (Phi) is 5.60. The van der Waals surface area contributed by atoms with Gasteiger partial charge in [-0.15, -0.1) is 11.3 Å². The van der Waals surface area contributed by atoms with Crippen molar-refractivity contribution in [1.82, 2.24) is 15.4 Å². The molecule has 0 fully saturated rings. The summed E-state index contributed by atoms with van der Waals surface area (Å²) in [5, 5.41) is 8.95. The van der Waals surface area contributed by atoms with Gasteiger partial charge in [-0.2, -0.15) is 0 Å². The Morgan fingerprint density at radius 3 is 2.77 bits per heavy atom. The minimum absolute atomic E-state index is 0.0356. The van der Waals surface area contributed by atoms with Crippen LogP contribution in [0.1, 0.15) is 33.9 Å². The molecule has 0 aliphatic carbocycles. The molecule has 0 aliphatic heterocycles. The summed E-state index contributed by atoms with van der Waals surface area (Å²) < 4.78 is 5.14. The van der Waals surface area contributed by atoms with E-state index in [1.165, 1.54) is 10.4 Å². The molecule has 0 radical (unpaired) electrons. The lowest BCUT2D eigenvalue weighted by Crippen LogP contribution is -2.37. The lowest BCUT2D eigenvalue weighted by atomic mass is 10.1. The molecule has 1 N–H and O–H groups in total. The first-order chi connectivity index (χ1) is 10.5. The third-order valence-electron chi connectivity index (χ3n) is 3.76. The van der Waals surface area contributed by atoms with Crippen LogP contribution in [0.5, 0.6) is 0 Å². The van der Waals surface area contributed by atoms with Crippen LogP contribution in [0.15, 0.2) is 16.0 Å². The summed E-state index contributed by atoms with van der Waals surface area (Å²) in [5.74, 6) is 0.870. The van der Waals surface area contributed by atoms with E-state index in [0.717, 1.165) is 29.9 Å². The van der Waals surface area contributed by atoms with Crippen LogP contribution in [0, 0.1) is 20.8 Å². The van der Waals surface area contributed by atoms with E-state index in [9.17, 15) is 4.79 Å². The smallest absolute Gasteiger partial charge is 0.317 e. The van der Waals surface area contributed by atoms with Gasteiger partial charge < -0.3 is 14.7 Å². The molecule has 0 saturated carbocycles. The first-order valence-electron chi connectivity index (χ1n) is 7.42. The molecule has 2 amide bonds. The summed E-state index contributed by atoms with van der Waals surface area (Å²) in [6.45, 7) is 7.24. The predicted octanol–water partition coefficient (Wildman–Crippen LogP) is 3.44. The number of nitrogens with one attached hydrogen (secondary N) is 1. The van der Waals surface area contributed by atoms with Crippen LogP contribution in [0.3, 0.4) is 0 Å². The van der Waals surface area contributed by atoms with Crippen molar-refractivity contribution in [2.24, 2.45) is 0 Å². The quantitative estimate of drug-likeness (QED) is 0.829. The third kappa shape index (κ3) is 4.10. The molecule has 6 heteroatoms. The maximum Gasteiger partial charge on any atom is 0.317 e. The van der Waals surface area contributed by atoms with Gasteiger partial charge in [0.05, 0.1) is 12.2 Å². The number of thiophene rings is 1. The van der Waals surface area contributed by atoms with Gasteiger partial charge in [0.1, 0.15) is 5.76 Å². The van der Waals surface area contributed by atoms with Crippen LogP contribution >= 0.6 is 11.3 Å². The monoisotopic (exact) mass is 321 g/mol. The zero-order chi connectivity index (χ0) is 16.1. The van der Waals surface area contributed by atoms with Crippen LogP contribution in [-0.4, -0.2) is 29.7 Å². The highest BCUT2D eigenvalue weighted by Gasteiger charge is 2.12. The largest absolute Gasteiger partial charge is 0.361 e. The van der Waals surface area contributed by atoms with Gasteiger partial charge in [-0.3, -0.25) is 0 Å². The van der Waals surface area contributed by atoms with E-state index < -0.39 is 0 Å². The van der Waals surface area contributed by atoms with Gasteiger partial charge >= 0.3 is 6.03 Å².